The van der Waals surface area contributed by atoms with Crippen LogP contribution >= 0.6 is 0 Å². The van der Waals surface area contributed by atoms with E-state index in [0.29, 0.717) is 48.8 Å². The Bertz CT molecular complexity index is 1100. The number of aliphatic hydroxyl groups is 1. The van der Waals surface area contributed by atoms with E-state index in [1.165, 1.54) is 18.5 Å². The van der Waals surface area contributed by atoms with Gasteiger partial charge in [-0.15, -0.1) is 0 Å². The van der Waals surface area contributed by atoms with E-state index in [-0.39, 0.29) is 11.5 Å². The molecule has 4 rings (SSSR count). The van der Waals surface area contributed by atoms with Crippen LogP contribution in [0.5, 0.6) is 11.5 Å². The van der Waals surface area contributed by atoms with Gasteiger partial charge in [0.25, 0.3) is 0 Å². The van der Waals surface area contributed by atoms with Gasteiger partial charge in [0.15, 0.2) is 11.6 Å². The normalized spacial score (nSPS) is 20.3. The molecule has 2 aliphatic rings. The second-order valence-electron chi connectivity index (χ2n) is 11.0. The van der Waals surface area contributed by atoms with Crippen molar-refractivity contribution in [3.05, 3.63) is 42.1 Å². The Morgan fingerprint density at radius 2 is 1.86 bits per heavy atom. The summed E-state index contributed by atoms with van der Waals surface area (Å²) >= 11 is 0. The van der Waals surface area contributed by atoms with Crippen LogP contribution < -0.4 is 9.64 Å². The number of benzene rings is 1. The lowest BCUT2D eigenvalue weighted by Gasteiger charge is -2.29. The number of carbonyl (C=O) groups is 1. The molecular formula is C27H37FN4O4. The highest BCUT2D eigenvalue weighted by atomic mass is 19.1. The van der Waals surface area contributed by atoms with E-state index in [9.17, 15) is 14.3 Å². The fraction of sp³-hybridized carbons (Fsp3) is 0.593. The maximum atomic E-state index is 14.1. The molecule has 1 aromatic carbocycles. The van der Waals surface area contributed by atoms with E-state index in [1.807, 2.05) is 34.6 Å². The fourth-order valence-electron chi connectivity index (χ4n) is 5.19. The second kappa shape index (κ2) is 9.84. The number of likely N-dealkylation sites (tertiary alicyclic amines) is 1. The molecule has 9 heteroatoms. The van der Waals surface area contributed by atoms with Crippen molar-refractivity contribution in [2.75, 3.05) is 31.1 Å². The minimum absolute atomic E-state index is 0.0369. The highest BCUT2D eigenvalue weighted by Gasteiger charge is 2.46. The lowest BCUT2D eigenvalue weighted by molar-refractivity contribution is 0.0259. The van der Waals surface area contributed by atoms with Crippen LogP contribution in [-0.2, 0) is 10.3 Å². The van der Waals surface area contributed by atoms with Crippen molar-refractivity contribution < 1.29 is 23.8 Å². The van der Waals surface area contributed by atoms with Crippen LogP contribution in [-0.4, -0.2) is 57.8 Å². The van der Waals surface area contributed by atoms with E-state index in [4.69, 9.17) is 9.47 Å². The Morgan fingerprint density at radius 1 is 1.14 bits per heavy atom. The van der Waals surface area contributed by atoms with Crippen molar-refractivity contribution in [1.29, 1.82) is 0 Å². The number of hydrogen-bond acceptors (Lipinski definition) is 7. The van der Waals surface area contributed by atoms with Gasteiger partial charge in [-0.1, -0.05) is 13.8 Å². The molecular weight excluding hydrogens is 463 g/mol. The number of hydrogen-bond donors (Lipinski definition) is 1. The Labute approximate surface area is 212 Å². The van der Waals surface area contributed by atoms with Crippen molar-refractivity contribution in [2.24, 2.45) is 5.41 Å². The van der Waals surface area contributed by atoms with E-state index in [0.717, 1.165) is 25.9 Å². The van der Waals surface area contributed by atoms with E-state index in [2.05, 4.69) is 14.9 Å². The lowest BCUT2D eigenvalue weighted by Crippen LogP contribution is -2.37. The molecule has 2 fully saturated rings. The molecule has 0 radical (unpaired) electrons. The van der Waals surface area contributed by atoms with Crippen LogP contribution in [0.25, 0.3) is 0 Å². The number of ether oxygens (including phenoxy) is 2. The Kier molecular flexibility index (Phi) is 7.14. The molecule has 0 saturated carbocycles. The summed E-state index contributed by atoms with van der Waals surface area (Å²) in [5, 5.41) is 11.1. The quantitative estimate of drug-likeness (QED) is 0.579. The molecule has 1 amide bonds. The predicted molar refractivity (Wildman–Crippen MR) is 135 cm³/mol. The summed E-state index contributed by atoms with van der Waals surface area (Å²) in [6.45, 7) is 12.1. The molecule has 1 atom stereocenters. The number of anilines is 1. The number of halogens is 1. The SMILES string of the molecule is CCC(O)(CC)c1cc(F)ccc1Oc1cncnc1N1CCC2(CCN(C(=O)OC(C)(C)C)C2)C1. The minimum Gasteiger partial charge on any atom is -0.451 e. The summed E-state index contributed by atoms with van der Waals surface area (Å²) < 4.78 is 25.9. The summed E-state index contributed by atoms with van der Waals surface area (Å²) in [6, 6.07) is 4.20. The molecule has 8 nitrogen and oxygen atoms in total. The molecule has 36 heavy (non-hydrogen) atoms. The molecule has 2 aliphatic heterocycles. The Balaban J connectivity index is 1.54. The van der Waals surface area contributed by atoms with Crippen molar-refractivity contribution in [3.63, 3.8) is 0 Å². The van der Waals surface area contributed by atoms with Crippen molar-refractivity contribution in [2.45, 2.75) is 71.5 Å². The van der Waals surface area contributed by atoms with Crippen LogP contribution in [0.2, 0.25) is 0 Å². The third kappa shape index (κ3) is 5.40. The summed E-state index contributed by atoms with van der Waals surface area (Å²) in [6.07, 6.45) is 5.46. The third-order valence-electron chi connectivity index (χ3n) is 7.32. The standard InChI is InChI=1S/C27H37FN4O4/c1-6-27(34,7-2)20-14-19(28)8-9-21(20)35-22-15-29-18-30-23(22)31-12-10-26(16-31)11-13-32(17-26)24(33)36-25(3,4)5/h8-9,14-15,18,34H,6-7,10-13,16-17H2,1-5H3. The molecule has 1 spiro atoms. The average Bonchev–Trinajstić information content (AvgIpc) is 3.46. The van der Waals surface area contributed by atoms with Crippen molar-refractivity contribution in [1.82, 2.24) is 14.9 Å². The monoisotopic (exact) mass is 500 g/mol. The molecule has 1 aromatic heterocycles. The second-order valence-corrected chi connectivity index (χ2v) is 11.0. The first-order valence-electron chi connectivity index (χ1n) is 12.7. The smallest absolute Gasteiger partial charge is 0.410 e. The first kappa shape index (κ1) is 26.1. The fourth-order valence-corrected chi connectivity index (χ4v) is 5.19. The highest BCUT2D eigenvalue weighted by Crippen LogP contribution is 2.44. The largest absolute Gasteiger partial charge is 0.451 e. The van der Waals surface area contributed by atoms with Gasteiger partial charge in [-0.2, -0.15) is 0 Å². The van der Waals surface area contributed by atoms with Crippen LogP contribution in [0, 0.1) is 11.2 Å². The van der Waals surface area contributed by atoms with Crippen LogP contribution in [0.3, 0.4) is 0 Å². The van der Waals surface area contributed by atoms with Crippen molar-refractivity contribution in [3.8, 4) is 11.5 Å². The Hall–Kier alpha value is -2.94. The van der Waals surface area contributed by atoms with Crippen LogP contribution in [0.15, 0.2) is 30.7 Å². The average molecular weight is 501 g/mol. The van der Waals surface area contributed by atoms with E-state index >= 15 is 0 Å². The summed E-state index contributed by atoms with van der Waals surface area (Å²) in [7, 11) is 0. The van der Waals surface area contributed by atoms with Gasteiger partial charge < -0.3 is 24.4 Å². The molecule has 2 aromatic rings. The Morgan fingerprint density at radius 3 is 2.56 bits per heavy atom. The van der Waals surface area contributed by atoms with Gasteiger partial charge in [0.2, 0.25) is 0 Å². The molecule has 0 aliphatic carbocycles. The first-order chi connectivity index (χ1) is 17.0. The van der Waals surface area contributed by atoms with Gasteiger partial charge in [-0.3, -0.25) is 0 Å². The highest BCUT2D eigenvalue weighted by molar-refractivity contribution is 5.68. The molecule has 0 bridgehead atoms. The van der Waals surface area contributed by atoms with Crippen LogP contribution in [0.1, 0.15) is 65.9 Å². The topological polar surface area (TPSA) is 88.0 Å². The van der Waals surface area contributed by atoms with Gasteiger partial charge in [0.05, 0.1) is 11.8 Å². The number of amides is 1. The molecule has 1 unspecified atom stereocenters. The zero-order valence-electron chi connectivity index (χ0n) is 21.9. The zero-order valence-corrected chi connectivity index (χ0v) is 21.9. The van der Waals surface area contributed by atoms with Gasteiger partial charge in [-0.25, -0.2) is 19.2 Å². The van der Waals surface area contributed by atoms with Gasteiger partial charge in [0.1, 0.15) is 23.5 Å². The van der Waals surface area contributed by atoms with Crippen LogP contribution in [0.4, 0.5) is 15.0 Å². The summed E-state index contributed by atoms with van der Waals surface area (Å²) in [5.74, 6) is 1.03. The molecule has 1 N–H and O–H groups in total. The maximum absolute atomic E-state index is 14.1. The first-order valence-corrected chi connectivity index (χ1v) is 12.7. The zero-order chi connectivity index (χ0) is 26.1. The summed E-state index contributed by atoms with van der Waals surface area (Å²) in [5.41, 5.74) is -1.36. The van der Waals surface area contributed by atoms with Gasteiger partial charge in [-0.05, 0) is 64.7 Å². The molecule has 3 heterocycles. The number of aromatic nitrogens is 2. The van der Waals surface area contributed by atoms with E-state index in [1.54, 1.807) is 17.2 Å². The lowest BCUT2D eigenvalue weighted by atomic mass is 9.86. The third-order valence-corrected chi connectivity index (χ3v) is 7.32. The van der Waals surface area contributed by atoms with Gasteiger partial charge >= 0.3 is 6.09 Å². The number of carbonyl (C=O) groups excluding carboxylic acids is 1. The van der Waals surface area contributed by atoms with Gasteiger partial charge in [0, 0.05) is 37.2 Å². The summed E-state index contributed by atoms with van der Waals surface area (Å²) in [4.78, 5) is 25.2. The number of rotatable bonds is 6. The maximum Gasteiger partial charge on any atom is 0.410 e. The van der Waals surface area contributed by atoms with Crippen molar-refractivity contribution >= 4 is 11.9 Å². The predicted octanol–water partition coefficient (Wildman–Crippen LogP) is 5.25. The minimum atomic E-state index is -1.21. The number of nitrogens with zero attached hydrogens (tertiary/aromatic N) is 4. The van der Waals surface area contributed by atoms with E-state index < -0.39 is 17.0 Å². The molecule has 196 valence electrons. The molecule has 2 saturated heterocycles.